The van der Waals surface area contributed by atoms with Crippen LogP contribution in [0, 0.1) is 22.7 Å². The predicted molar refractivity (Wildman–Crippen MR) is 77.6 cm³/mol. The van der Waals surface area contributed by atoms with Gasteiger partial charge in [-0.15, -0.1) is 0 Å². The van der Waals surface area contributed by atoms with Crippen molar-refractivity contribution >= 4 is 5.97 Å². The zero-order chi connectivity index (χ0) is 14.4. The van der Waals surface area contributed by atoms with E-state index in [9.17, 15) is 4.79 Å². The third-order valence-corrected chi connectivity index (χ3v) is 5.94. The van der Waals surface area contributed by atoms with Crippen LogP contribution in [0.4, 0.5) is 0 Å². The van der Waals surface area contributed by atoms with Gasteiger partial charge in [-0.3, -0.25) is 0 Å². The first-order chi connectivity index (χ1) is 8.82. The molecule has 2 aliphatic rings. The summed E-state index contributed by atoms with van der Waals surface area (Å²) in [5.41, 5.74) is 1.83. The molecule has 106 valence electrons. The van der Waals surface area contributed by atoms with Crippen LogP contribution in [-0.2, 0) is 9.53 Å². The van der Waals surface area contributed by atoms with Crippen molar-refractivity contribution in [3.63, 3.8) is 0 Å². The molecule has 1 fully saturated rings. The molecule has 2 heteroatoms. The molecular weight excluding hydrogens is 236 g/mol. The number of hydrogen-bond acceptors (Lipinski definition) is 2. The summed E-state index contributed by atoms with van der Waals surface area (Å²) in [4.78, 5) is 11.5. The minimum absolute atomic E-state index is 0.0616. The lowest BCUT2D eigenvalue weighted by Gasteiger charge is -2.36. The molecule has 0 aromatic carbocycles. The number of esters is 1. The van der Waals surface area contributed by atoms with Crippen molar-refractivity contribution in [3.05, 3.63) is 24.3 Å². The number of carbonyl (C=O) groups excluding carboxylic acids is 1. The van der Waals surface area contributed by atoms with E-state index >= 15 is 0 Å². The first kappa shape index (κ1) is 14.4. The van der Waals surface area contributed by atoms with Gasteiger partial charge in [0.15, 0.2) is 0 Å². The molecule has 2 nitrogen and oxygen atoms in total. The van der Waals surface area contributed by atoms with Crippen LogP contribution in [0.2, 0.25) is 0 Å². The molecular formula is C17H26O2. The van der Waals surface area contributed by atoms with E-state index in [2.05, 4.69) is 47.3 Å². The van der Waals surface area contributed by atoms with Gasteiger partial charge in [0.2, 0.25) is 0 Å². The fraction of sp³-hybridized carbons (Fsp3) is 0.706. The van der Waals surface area contributed by atoms with E-state index in [1.807, 2.05) is 0 Å². The molecule has 2 rings (SSSR count). The normalized spacial score (nSPS) is 39.6. The van der Waals surface area contributed by atoms with Crippen molar-refractivity contribution in [2.24, 2.45) is 22.7 Å². The van der Waals surface area contributed by atoms with Crippen molar-refractivity contribution in [1.29, 1.82) is 0 Å². The minimum Gasteiger partial charge on any atom is -0.458 e. The van der Waals surface area contributed by atoms with Crippen LogP contribution in [-0.4, -0.2) is 12.1 Å². The zero-order valence-corrected chi connectivity index (χ0v) is 12.8. The molecule has 0 heterocycles. The van der Waals surface area contributed by atoms with Crippen LogP contribution in [0.3, 0.4) is 0 Å². The van der Waals surface area contributed by atoms with Crippen molar-refractivity contribution < 1.29 is 9.53 Å². The Morgan fingerprint density at radius 2 is 2.21 bits per heavy atom. The molecule has 4 atom stereocenters. The monoisotopic (exact) mass is 262 g/mol. The van der Waals surface area contributed by atoms with E-state index in [1.165, 1.54) is 11.6 Å². The Morgan fingerprint density at radius 1 is 1.58 bits per heavy atom. The van der Waals surface area contributed by atoms with Crippen LogP contribution in [0.15, 0.2) is 24.3 Å². The number of hydrogen-bond donors (Lipinski definition) is 0. The van der Waals surface area contributed by atoms with Crippen LogP contribution in [0.25, 0.3) is 0 Å². The molecule has 0 bridgehead atoms. The zero-order valence-electron chi connectivity index (χ0n) is 12.8. The maximum absolute atomic E-state index is 11.5. The topological polar surface area (TPSA) is 26.3 Å². The van der Waals surface area contributed by atoms with Crippen molar-refractivity contribution in [2.75, 3.05) is 0 Å². The Kier molecular flexibility index (Phi) is 3.40. The van der Waals surface area contributed by atoms with Gasteiger partial charge in [-0.05, 0) is 31.1 Å². The number of rotatable bonds is 4. The first-order valence-corrected chi connectivity index (χ1v) is 7.32. The summed E-state index contributed by atoms with van der Waals surface area (Å²) in [5, 5.41) is 0. The molecule has 0 spiro atoms. The predicted octanol–water partition coefficient (Wildman–Crippen LogP) is 4.12. The van der Waals surface area contributed by atoms with E-state index in [0.29, 0.717) is 11.8 Å². The van der Waals surface area contributed by atoms with Crippen LogP contribution >= 0.6 is 0 Å². The minimum atomic E-state index is -0.285. The Bertz CT molecular complexity index is 433. The van der Waals surface area contributed by atoms with Gasteiger partial charge in [0.05, 0.1) is 0 Å². The molecule has 2 aliphatic carbocycles. The average Bonchev–Trinajstić information content (AvgIpc) is 2.82. The van der Waals surface area contributed by atoms with E-state index in [0.717, 1.165) is 12.8 Å². The largest absolute Gasteiger partial charge is 0.458 e. The Balaban J connectivity index is 2.22. The van der Waals surface area contributed by atoms with Gasteiger partial charge >= 0.3 is 5.97 Å². The summed E-state index contributed by atoms with van der Waals surface area (Å²) in [6, 6.07) is 0. The highest BCUT2D eigenvalue weighted by molar-refractivity contribution is 5.81. The van der Waals surface area contributed by atoms with Crippen LogP contribution in [0.1, 0.15) is 47.5 Å². The molecule has 0 aliphatic heterocycles. The van der Waals surface area contributed by atoms with E-state index in [1.54, 1.807) is 0 Å². The number of allylic oxidation sites excluding steroid dienone is 2. The van der Waals surface area contributed by atoms with Gasteiger partial charge in [-0.2, -0.15) is 0 Å². The molecule has 0 amide bonds. The second kappa shape index (κ2) is 4.50. The standard InChI is InChI=1S/C17H26O2/c1-7-14(18)19-15-12(4)17(15,8-2)13-10-9-11(3)16(13,5)6/h7,9,12-13,15H,1,8,10H2,2-6H3. The molecule has 19 heavy (non-hydrogen) atoms. The van der Waals surface area contributed by atoms with Gasteiger partial charge in [0.25, 0.3) is 0 Å². The highest BCUT2D eigenvalue weighted by Gasteiger charge is 2.69. The Hall–Kier alpha value is -1.05. The lowest BCUT2D eigenvalue weighted by molar-refractivity contribution is -0.141. The van der Waals surface area contributed by atoms with Gasteiger partial charge in [-0.25, -0.2) is 4.79 Å². The molecule has 0 N–H and O–H groups in total. The second-order valence-electron chi connectivity index (χ2n) is 6.71. The van der Waals surface area contributed by atoms with E-state index in [4.69, 9.17) is 4.74 Å². The molecule has 4 unspecified atom stereocenters. The van der Waals surface area contributed by atoms with Gasteiger partial charge in [0, 0.05) is 17.4 Å². The van der Waals surface area contributed by atoms with Crippen molar-refractivity contribution in [2.45, 2.75) is 53.6 Å². The average molecular weight is 262 g/mol. The first-order valence-electron chi connectivity index (χ1n) is 7.32. The molecule has 0 radical (unpaired) electrons. The quantitative estimate of drug-likeness (QED) is 0.433. The highest BCUT2D eigenvalue weighted by Crippen LogP contribution is 2.68. The lowest BCUT2D eigenvalue weighted by Crippen LogP contribution is -2.32. The van der Waals surface area contributed by atoms with Crippen molar-refractivity contribution in [3.8, 4) is 0 Å². The lowest BCUT2D eigenvalue weighted by atomic mass is 9.67. The van der Waals surface area contributed by atoms with E-state index in [-0.39, 0.29) is 22.9 Å². The van der Waals surface area contributed by atoms with E-state index < -0.39 is 0 Å². The summed E-state index contributed by atoms with van der Waals surface area (Å²) in [6.07, 6.45) is 5.87. The van der Waals surface area contributed by atoms with Gasteiger partial charge in [0.1, 0.15) is 6.10 Å². The second-order valence-corrected chi connectivity index (χ2v) is 6.71. The van der Waals surface area contributed by atoms with Crippen LogP contribution in [0.5, 0.6) is 0 Å². The maximum atomic E-state index is 11.5. The molecule has 0 saturated heterocycles. The number of carbonyl (C=O) groups is 1. The van der Waals surface area contributed by atoms with Gasteiger partial charge in [-0.1, -0.05) is 45.9 Å². The third-order valence-electron chi connectivity index (χ3n) is 5.94. The summed E-state index contributed by atoms with van der Waals surface area (Å²) < 4.78 is 5.59. The smallest absolute Gasteiger partial charge is 0.330 e. The highest BCUT2D eigenvalue weighted by atomic mass is 16.6. The fourth-order valence-corrected chi connectivity index (χ4v) is 4.30. The molecule has 1 saturated carbocycles. The summed E-state index contributed by atoms with van der Waals surface area (Å²) in [6.45, 7) is 14.8. The fourth-order valence-electron chi connectivity index (χ4n) is 4.30. The SMILES string of the molecule is C=CC(=O)OC1C(C)C1(CC)C1CC=C(C)C1(C)C. The Morgan fingerprint density at radius 3 is 2.63 bits per heavy atom. The van der Waals surface area contributed by atoms with Gasteiger partial charge < -0.3 is 4.74 Å². The third kappa shape index (κ3) is 1.87. The van der Waals surface area contributed by atoms with Crippen molar-refractivity contribution in [1.82, 2.24) is 0 Å². The summed E-state index contributed by atoms with van der Waals surface area (Å²) in [5.74, 6) is 0.736. The molecule has 0 aromatic heterocycles. The maximum Gasteiger partial charge on any atom is 0.330 e. The molecule has 0 aromatic rings. The van der Waals surface area contributed by atoms with Crippen LogP contribution < -0.4 is 0 Å². The Labute approximate surface area is 116 Å². The summed E-state index contributed by atoms with van der Waals surface area (Å²) >= 11 is 0. The summed E-state index contributed by atoms with van der Waals surface area (Å²) in [7, 11) is 0. The number of ether oxygens (including phenoxy) is 1.